The Hall–Kier alpha value is -2.10. The Morgan fingerprint density at radius 1 is 1.32 bits per heavy atom. The van der Waals surface area contributed by atoms with E-state index in [0.29, 0.717) is 5.75 Å². The summed E-state index contributed by atoms with van der Waals surface area (Å²) in [4.78, 5) is 6.40. The summed E-state index contributed by atoms with van der Waals surface area (Å²) in [5.74, 6) is 0.926. The molecule has 1 aliphatic rings. The Bertz CT molecular complexity index is 547. The van der Waals surface area contributed by atoms with Crippen LogP contribution in [-0.4, -0.2) is 24.2 Å². The van der Waals surface area contributed by atoms with Gasteiger partial charge in [-0.2, -0.15) is 0 Å². The molecule has 0 N–H and O–H groups in total. The quantitative estimate of drug-likeness (QED) is 0.845. The molecule has 1 fully saturated rings. The van der Waals surface area contributed by atoms with Crippen molar-refractivity contribution in [1.29, 1.82) is 0 Å². The fraction of sp³-hybridized carbons (Fsp3) is 0.267. The minimum atomic E-state index is -0.312. The van der Waals surface area contributed by atoms with Gasteiger partial charge in [0, 0.05) is 25.2 Å². The van der Waals surface area contributed by atoms with Gasteiger partial charge in [0.1, 0.15) is 11.9 Å². The van der Waals surface area contributed by atoms with Gasteiger partial charge in [0.05, 0.1) is 6.54 Å². The van der Waals surface area contributed by atoms with E-state index in [9.17, 15) is 4.39 Å². The SMILES string of the molecule is Fc1ccccc1OC1CCN(c2cc[c]cn2)C1. The number of para-hydroxylation sites is 1. The van der Waals surface area contributed by atoms with Gasteiger partial charge in [0.25, 0.3) is 0 Å². The molecule has 1 aliphatic heterocycles. The maximum Gasteiger partial charge on any atom is 0.165 e. The first-order valence-corrected chi connectivity index (χ1v) is 6.31. The Morgan fingerprint density at radius 3 is 3.00 bits per heavy atom. The monoisotopic (exact) mass is 257 g/mol. The van der Waals surface area contributed by atoms with E-state index in [1.807, 2.05) is 12.1 Å². The molecule has 0 bridgehead atoms. The molecule has 1 unspecified atom stereocenters. The molecule has 1 aromatic carbocycles. The smallest absolute Gasteiger partial charge is 0.165 e. The zero-order chi connectivity index (χ0) is 13.1. The summed E-state index contributed by atoms with van der Waals surface area (Å²) >= 11 is 0. The minimum Gasteiger partial charge on any atom is -0.485 e. The molecule has 0 amide bonds. The molecular weight excluding hydrogens is 243 g/mol. The third-order valence-electron chi connectivity index (χ3n) is 3.20. The predicted molar refractivity (Wildman–Crippen MR) is 70.7 cm³/mol. The van der Waals surface area contributed by atoms with Crippen LogP contribution in [0.25, 0.3) is 0 Å². The standard InChI is InChI=1S/C15H14FN2O/c16-13-5-1-2-6-14(13)19-12-8-10-18(11-12)15-7-3-4-9-17-15/h1-3,5-7,9,12H,8,10-11H2. The van der Waals surface area contributed by atoms with Crippen molar-refractivity contribution in [2.24, 2.45) is 0 Å². The molecule has 0 saturated carbocycles. The van der Waals surface area contributed by atoms with Gasteiger partial charge in [0.2, 0.25) is 0 Å². The number of anilines is 1. The molecule has 1 saturated heterocycles. The summed E-state index contributed by atoms with van der Waals surface area (Å²) in [7, 11) is 0. The number of benzene rings is 1. The average Bonchev–Trinajstić information content (AvgIpc) is 2.91. The topological polar surface area (TPSA) is 25.4 Å². The molecular formula is C15H14FN2O. The third-order valence-corrected chi connectivity index (χ3v) is 3.20. The second-order valence-corrected chi connectivity index (χ2v) is 4.52. The molecule has 4 heteroatoms. The van der Waals surface area contributed by atoms with E-state index in [1.54, 1.807) is 24.4 Å². The van der Waals surface area contributed by atoms with Crippen LogP contribution in [0.2, 0.25) is 0 Å². The number of nitrogens with zero attached hydrogens (tertiary/aromatic N) is 2. The highest BCUT2D eigenvalue weighted by atomic mass is 19.1. The van der Waals surface area contributed by atoms with Gasteiger partial charge < -0.3 is 9.64 Å². The molecule has 97 valence electrons. The van der Waals surface area contributed by atoms with E-state index >= 15 is 0 Å². The van der Waals surface area contributed by atoms with E-state index in [1.165, 1.54) is 6.07 Å². The Kier molecular flexibility index (Phi) is 3.31. The fourth-order valence-corrected chi connectivity index (χ4v) is 2.25. The Labute approximate surface area is 111 Å². The summed E-state index contributed by atoms with van der Waals surface area (Å²) in [6.45, 7) is 1.60. The van der Waals surface area contributed by atoms with Crippen LogP contribution in [0.4, 0.5) is 10.2 Å². The Morgan fingerprint density at radius 2 is 2.21 bits per heavy atom. The summed E-state index contributed by atoms with van der Waals surface area (Å²) in [5, 5.41) is 0. The molecule has 3 rings (SSSR count). The van der Waals surface area contributed by atoms with E-state index in [2.05, 4.69) is 16.0 Å². The lowest BCUT2D eigenvalue weighted by atomic mass is 10.3. The molecule has 1 atom stereocenters. The molecule has 0 aliphatic carbocycles. The van der Waals surface area contributed by atoms with Crippen LogP contribution in [-0.2, 0) is 0 Å². The van der Waals surface area contributed by atoms with E-state index in [4.69, 9.17) is 4.74 Å². The predicted octanol–water partition coefficient (Wildman–Crippen LogP) is 2.68. The summed E-state index contributed by atoms with van der Waals surface area (Å²) in [6.07, 6.45) is 2.53. The van der Waals surface area contributed by atoms with Crippen molar-refractivity contribution in [3.05, 3.63) is 54.5 Å². The molecule has 0 spiro atoms. The minimum absolute atomic E-state index is 0.00267. The highest BCUT2D eigenvalue weighted by Gasteiger charge is 2.25. The molecule has 2 heterocycles. The number of hydrogen-bond acceptors (Lipinski definition) is 3. The van der Waals surface area contributed by atoms with Gasteiger partial charge in [-0.15, -0.1) is 0 Å². The van der Waals surface area contributed by atoms with Gasteiger partial charge in [-0.25, -0.2) is 9.37 Å². The van der Waals surface area contributed by atoms with Crippen LogP contribution in [0.3, 0.4) is 0 Å². The van der Waals surface area contributed by atoms with E-state index in [0.717, 1.165) is 25.3 Å². The highest BCUT2D eigenvalue weighted by molar-refractivity contribution is 5.39. The first-order chi connectivity index (χ1) is 9.33. The normalized spacial score (nSPS) is 18.6. The first-order valence-electron chi connectivity index (χ1n) is 6.31. The second kappa shape index (κ2) is 5.26. The van der Waals surface area contributed by atoms with Crippen LogP contribution in [0.1, 0.15) is 6.42 Å². The molecule has 1 aromatic heterocycles. The van der Waals surface area contributed by atoms with Crippen molar-refractivity contribution >= 4 is 5.82 Å². The maximum atomic E-state index is 13.5. The summed E-state index contributed by atoms with van der Waals surface area (Å²) in [5.41, 5.74) is 0. The first kappa shape index (κ1) is 12.0. The van der Waals surface area contributed by atoms with Crippen LogP contribution in [0, 0.1) is 11.9 Å². The van der Waals surface area contributed by atoms with E-state index < -0.39 is 0 Å². The third kappa shape index (κ3) is 2.67. The number of pyridine rings is 1. The zero-order valence-corrected chi connectivity index (χ0v) is 10.4. The van der Waals surface area contributed by atoms with Gasteiger partial charge in [-0.3, -0.25) is 0 Å². The van der Waals surface area contributed by atoms with Crippen LogP contribution < -0.4 is 9.64 Å². The maximum absolute atomic E-state index is 13.5. The second-order valence-electron chi connectivity index (χ2n) is 4.52. The van der Waals surface area contributed by atoms with Crippen molar-refractivity contribution < 1.29 is 9.13 Å². The zero-order valence-electron chi connectivity index (χ0n) is 10.4. The van der Waals surface area contributed by atoms with E-state index in [-0.39, 0.29) is 11.9 Å². The van der Waals surface area contributed by atoms with Crippen molar-refractivity contribution in [2.75, 3.05) is 18.0 Å². The largest absolute Gasteiger partial charge is 0.485 e. The number of aromatic nitrogens is 1. The van der Waals surface area contributed by atoms with Crippen LogP contribution in [0.15, 0.2) is 42.6 Å². The number of halogens is 1. The average molecular weight is 257 g/mol. The lowest BCUT2D eigenvalue weighted by molar-refractivity contribution is 0.215. The van der Waals surface area contributed by atoms with Crippen LogP contribution >= 0.6 is 0 Å². The summed E-state index contributed by atoms with van der Waals surface area (Å²) < 4.78 is 19.2. The Balaban J connectivity index is 1.65. The van der Waals surface area contributed by atoms with Crippen LogP contribution in [0.5, 0.6) is 5.75 Å². The van der Waals surface area contributed by atoms with Crippen molar-refractivity contribution in [1.82, 2.24) is 4.98 Å². The number of ether oxygens (including phenoxy) is 1. The lowest BCUT2D eigenvalue weighted by Crippen LogP contribution is -2.25. The highest BCUT2D eigenvalue weighted by Crippen LogP contribution is 2.23. The van der Waals surface area contributed by atoms with Crippen molar-refractivity contribution in [3.63, 3.8) is 0 Å². The molecule has 1 radical (unpaired) electrons. The van der Waals surface area contributed by atoms with Gasteiger partial charge in [-0.05, 0) is 24.3 Å². The number of rotatable bonds is 3. The van der Waals surface area contributed by atoms with Crippen molar-refractivity contribution in [2.45, 2.75) is 12.5 Å². The fourth-order valence-electron chi connectivity index (χ4n) is 2.25. The number of hydrogen-bond donors (Lipinski definition) is 0. The van der Waals surface area contributed by atoms with Crippen molar-refractivity contribution in [3.8, 4) is 5.75 Å². The van der Waals surface area contributed by atoms with Gasteiger partial charge in [0.15, 0.2) is 11.6 Å². The molecule has 19 heavy (non-hydrogen) atoms. The molecule has 3 nitrogen and oxygen atoms in total. The lowest BCUT2D eigenvalue weighted by Gasteiger charge is -2.17. The van der Waals surface area contributed by atoms with Gasteiger partial charge in [-0.1, -0.05) is 12.1 Å². The summed E-state index contributed by atoms with van der Waals surface area (Å²) in [6, 6.07) is 13.2. The molecule has 2 aromatic rings. The van der Waals surface area contributed by atoms with Gasteiger partial charge >= 0.3 is 0 Å².